The highest BCUT2D eigenvalue weighted by atomic mass is 19.1. The zero-order valence-corrected chi connectivity index (χ0v) is 11.4. The Bertz CT molecular complexity index is 401. The van der Waals surface area contributed by atoms with Crippen molar-refractivity contribution in [2.75, 3.05) is 6.54 Å². The Morgan fingerprint density at radius 1 is 1.39 bits per heavy atom. The van der Waals surface area contributed by atoms with Crippen LogP contribution >= 0.6 is 0 Å². The summed E-state index contributed by atoms with van der Waals surface area (Å²) < 4.78 is 19.1. The van der Waals surface area contributed by atoms with E-state index in [4.69, 9.17) is 4.74 Å². The first kappa shape index (κ1) is 13.3. The molecule has 3 heteroatoms. The van der Waals surface area contributed by atoms with Crippen LogP contribution in [0.5, 0.6) is 5.75 Å². The van der Waals surface area contributed by atoms with Crippen LogP contribution in [0.4, 0.5) is 4.39 Å². The third-order valence-electron chi connectivity index (χ3n) is 3.35. The molecular weight excluding hydrogens is 229 g/mol. The number of rotatable bonds is 6. The first-order valence-electron chi connectivity index (χ1n) is 6.72. The van der Waals surface area contributed by atoms with Gasteiger partial charge >= 0.3 is 0 Å². The third-order valence-corrected chi connectivity index (χ3v) is 3.35. The van der Waals surface area contributed by atoms with E-state index in [1.807, 2.05) is 0 Å². The minimum atomic E-state index is -0.181. The summed E-state index contributed by atoms with van der Waals surface area (Å²) in [4.78, 5) is 0. The van der Waals surface area contributed by atoms with Gasteiger partial charge < -0.3 is 10.1 Å². The lowest BCUT2D eigenvalue weighted by Crippen LogP contribution is -2.36. The molecule has 1 N–H and O–H groups in total. The normalized spacial score (nSPS) is 16.9. The van der Waals surface area contributed by atoms with Crippen LogP contribution in [0.2, 0.25) is 0 Å². The smallest absolute Gasteiger partial charge is 0.126 e. The van der Waals surface area contributed by atoms with Crippen molar-refractivity contribution >= 4 is 0 Å². The van der Waals surface area contributed by atoms with E-state index in [0.29, 0.717) is 17.5 Å². The molecule has 18 heavy (non-hydrogen) atoms. The quantitative estimate of drug-likeness (QED) is 0.837. The van der Waals surface area contributed by atoms with Crippen LogP contribution in [0.3, 0.4) is 0 Å². The highest BCUT2D eigenvalue weighted by Crippen LogP contribution is 2.21. The fraction of sp³-hybridized carbons (Fsp3) is 0.600. The maximum atomic E-state index is 13.2. The Hall–Kier alpha value is -1.09. The first-order valence-corrected chi connectivity index (χ1v) is 6.72. The number of hydrogen-bond donors (Lipinski definition) is 1. The van der Waals surface area contributed by atoms with Gasteiger partial charge in [-0.1, -0.05) is 13.8 Å². The summed E-state index contributed by atoms with van der Waals surface area (Å²) >= 11 is 0. The van der Waals surface area contributed by atoms with Crippen LogP contribution in [0.15, 0.2) is 18.2 Å². The molecule has 2 rings (SSSR count). The van der Waals surface area contributed by atoms with E-state index in [-0.39, 0.29) is 11.9 Å². The standard InChI is InChI=1S/C15H22FNO/c1-10(2)15(9-17-12-4-5-12)18-13-6-7-14(16)11(3)8-13/h6-8,10,12,15,17H,4-5,9H2,1-3H3. The molecule has 1 aliphatic rings. The molecule has 0 heterocycles. The van der Waals surface area contributed by atoms with Gasteiger partial charge in [-0.05, 0) is 49.4 Å². The van der Waals surface area contributed by atoms with Crippen molar-refractivity contribution < 1.29 is 9.13 Å². The second-order valence-corrected chi connectivity index (χ2v) is 5.49. The first-order chi connectivity index (χ1) is 8.56. The van der Waals surface area contributed by atoms with Gasteiger partial charge in [0, 0.05) is 12.6 Å². The fourth-order valence-corrected chi connectivity index (χ4v) is 1.85. The number of hydrogen-bond acceptors (Lipinski definition) is 2. The van der Waals surface area contributed by atoms with Crippen LogP contribution < -0.4 is 10.1 Å². The number of aryl methyl sites for hydroxylation is 1. The molecule has 0 aliphatic heterocycles. The summed E-state index contributed by atoms with van der Waals surface area (Å²) in [6, 6.07) is 5.62. The lowest BCUT2D eigenvalue weighted by atomic mass is 10.1. The van der Waals surface area contributed by atoms with Gasteiger partial charge in [0.25, 0.3) is 0 Å². The second-order valence-electron chi connectivity index (χ2n) is 5.49. The number of benzene rings is 1. The molecule has 0 radical (unpaired) electrons. The predicted octanol–water partition coefficient (Wildman–Crippen LogP) is 3.29. The van der Waals surface area contributed by atoms with E-state index in [2.05, 4.69) is 19.2 Å². The largest absolute Gasteiger partial charge is 0.489 e. The van der Waals surface area contributed by atoms with E-state index >= 15 is 0 Å². The maximum Gasteiger partial charge on any atom is 0.126 e. The van der Waals surface area contributed by atoms with Gasteiger partial charge in [-0.3, -0.25) is 0 Å². The summed E-state index contributed by atoms with van der Waals surface area (Å²) in [7, 11) is 0. The molecule has 1 aliphatic carbocycles. The van der Waals surface area contributed by atoms with Crippen molar-refractivity contribution in [2.24, 2.45) is 5.92 Å². The van der Waals surface area contributed by atoms with Gasteiger partial charge in [-0.25, -0.2) is 4.39 Å². The molecule has 1 aromatic rings. The van der Waals surface area contributed by atoms with Gasteiger partial charge in [0.15, 0.2) is 0 Å². The molecule has 1 saturated carbocycles. The van der Waals surface area contributed by atoms with E-state index in [1.54, 1.807) is 19.1 Å². The summed E-state index contributed by atoms with van der Waals surface area (Å²) in [6.07, 6.45) is 2.69. The van der Waals surface area contributed by atoms with Crippen molar-refractivity contribution in [1.29, 1.82) is 0 Å². The molecule has 100 valence electrons. The Morgan fingerprint density at radius 3 is 2.67 bits per heavy atom. The van der Waals surface area contributed by atoms with Crippen LogP contribution in [0, 0.1) is 18.7 Å². The molecule has 0 aromatic heterocycles. The van der Waals surface area contributed by atoms with Crippen molar-refractivity contribution in [3.8, 4) is 5.75 Å². The van der Waals surface area contributed by atoms with Crippen molar-refractivity contribution in [1.82, 2.24) is 5.32 Å². The van der Waals surface area contributed by atoms with Gasteiger partial charge in [-0.2, -0.15) is 0 Å². The van der Waals surface area contributed by atoms with Gasteiger partial charge in [-0.15, -0.1) is 0 Å². The molecule has 1 atom stereocenters. The Kier molecular flexibility index (Phi) is 4.23. The summed E-state index contributed by atoms with van der Waals surface area (Å²) in [5.74, 6) is 1.01. The van der Waals surface area contributed by atoms with Gasteiger partial charge in [0.1, 0.15) is 17.7 Å². The van der Waals surface area contributed by atoms with E-state index in [0.717, 1.165) is 12.3 Å². The molecule has 0 bridgehead atoms. The highest BCUT2D eigenvalue weighted by molar-refractivity contribution is 5.29. The van der Waals surface area contributed by atoms with Gasteiger partial charge in [0.2, 0.25) is 0 Å². The molecule has 1 unspecified atom stereocenters. The zero-order chi connectivity index (χ0) is 13.1. The summed E-state index contributed by atoms with van der Waals surface area (Å²) in [6.45, 7) is 6.92. The molecule has 1 fully saturated rings. The molecule has 0 spiro atoms. The minimum absolute atomic E-state index is 0.135. The number of halogens is 1. The van der Waals surface area contributed by atoms with Crippen LogP contribution in [0.1, 0.15) is 32.3 Å². The van der Waals surface area contributed by atoms with Crippen LogP contribution in [0.25, 0.3) is 0 Å². The monoisotopic (exact) mass is 251 g/mol. The average molecular weight is 251 g/mol. The van der Waals surface area contributed by atoms with Crippen molar-refractivity contribution in [3.63, 3.8) is 0 Å². The summed E-state index contributed by atoms with van der Waals surface area (Å²) in [5, 5.41) is 3.49. The van der Waals surface area contributed by atoms with Crippen LogP contribution in [-0.4, -0.2) is 18.7 Å². The lowest BCUT2D eigenvalue weighted by Gasteiger charge is -2.23. The Balaban J connectivity index is 1.95. The SMILES string of the molecule is Cc1cc(OC(CNC2CC2)C(C)C)ccc1F. The molecule has 2 nitrogen and oxygen atoms in total. The summed E-state index contributed by atoms with van der Waals surface area (Å²) in [5.41, 5.74) is 0.630. The number of nitrogens with one attached hydrogen (secondary N) is 1. The maximum absolute atomic E-state index is 13.2. The molecule has 0 saturated heterocycles. The van der Waals surface area contributed by atoms with Crippen molar-refractivity contribution in [2.45, 2.75) is 45.8 Å². The minimum Gasteiger partial charge on any atom is -0.489 e. The Labute approximate surface area is 109 Å². The van der Waals surface area contributed by atoms with Crippen molar-refractivity contribution in [3.05, 3.63) is 29.6 Å². The predicted molar refractivity (Wildman–Crippen MR) is 71.4 cm³/mol. The number of ether oxygens (including phenoxy) is 1. The lowest BCUT2D eigenvalue weighted by molar-refractivity contribution is 0.148. The van der Waals surface area contributed by atoms with Crippen LogP contribution in [-0.2, 0) is 0 Å². The molecule has 0 amide bonds. The van der Waals surface area contributed by atoms with E-state index in [1.165, 1.54) is 18.9 Å². The average Bonchev–Trinajstić information content (AvgIpc) is 3.12. The topological polar surface area (TPSA) is 21.3 Å². The Morgan fingerprint density at radius 2 is 2.11 bits per heavy atom. The van der Waals surface area contributed by atoms with E-state index < -0.39 is 0 Å². The third kappa shape index (κ3) is 3.70. The fourth-order valence-electron chi connectivity index (χ4n) is 1.85. The van der Waals surface area contributed by atoms with E-state index in [9.17, 15) is 4.39 Å². The molecule has 1 aromatic carbocycles. The highest BCUT2D eigenvalue weighted by Gasteiger charge is 2.23. The zero-order valence-electron chi connectivity index (χ0n) is 11.4. The van der Waals surface area contributed by atoms with Gasteiger partial charge in [0.05, 0.1) is 0 Å². The second kappa shape index (κ2) is 5.70. The molecular formula is C15H22FNO.